The topological polar surface area (TPSA) is 33.2 Å². The Balaban J connectivity index is 2.35. The first-order chi connectivity index (χ1) is 9.65. The van der Waals surface area contributed by atoms with Crippen LogP contribution < -0.4 is 0 Å². The summed E-state index contributed by atoms with van der Waals surface area (Å²) in [5.74, 6) is -0.358. The van der Waals surface area contributed by atoms with Crippen molar-refractivity contribution in [3.8, 4) is 11.1 Å². The highest BCUT2D eigenvalue weighted by molar-refractivity contribution is 5.95. The van der Waals surface area contributed by atoms with E-state index < -0.39 is 0 Å². The summed E-state index contributed by atoms with van der Waals surface area (Å²) in [6.45, 7) is 5.18. The van der Waals surface area contributed by atoms with Gasteiger partial charge in [-0.25, -0.2) is 4.39 Å². The number of hydrogen-bond acceptors (Lipinski definition) is 2. The molecule has 1 aromatic carbocycles. The van der Waals surface area contributed by atoms with Crippen LogP contribution in [0.15, 0.2) is 42.7 Å². The molecule has 0 aliphatic carbocycles. The van der Waals surface area contributed by atoms with Gasteiger partial charge in [0.1, 0.15) is 5.82 Å². The van der Waals surface area contributed by atoms with Gasteiger partial charge in [-0.1, -0.05) is 12.1 Å². The fourth-order valence-electron chi connectivity index (χ4n) is 2.08. The Morgan fingerprint density at radius 1 is 1.15 bits per heavy atom. The Kier molecular flexibility index (Phi) is 4.45. The van der Waals surface area contributed by atoms with Crippen LogP contribution in [0.4, 0.5) is 4.39 Å². The van der Waals surface area contributed by atoms with Crippen molar-refractivity contribution in [1.82, 2.24) is 9.88 Å². The number of hydrogen-bond donors (Lipinski definition) is 0. The van der Waals surface area contributed by atoms with Crippen LogP contribution in [0, 0.1) is 5.82 Å². The molecule has 3 nitrogen and oxygen atoms in total. The predicted molar refractivity (Wildman–Crippen MR) is 76.9 cm³/mol. The molecule has 0 atom stereocenters. The van der Waals surface area contributed by atoms with E-state index in [1.807, 2.05) is 13.8 Å². The lowest BCUT2D eigenvalue weighted by atomic mass is 10.1. The molecule has 0 unspecified atom stereocenters. The van der Waals surface area contributed by atoms with Crippen molar-refractivity contribution in [3.63, 3.8) is 0 Å². The molecule has 0 bridgehead atoms. The van der Waals surface area contributed by atoms with E-state index in [-0.39, 0.29) is 11.7 Å². The molecule has 0 saturated carbocycles. The summed E-state index contributed by atoms with van der Waals surface area (Å²) in [7, 11) is 0. The zero-order chi connectivity index (χ0) is 14.5. The van der Waals surface area contributed by atoms with E-state index in [0.717, 1.165) is 5.56 Å². The molecule has 4 heteroatoms. The number of pyridine rings is 1. The smallest absolute Gasteiger partial charge is 0.255 e. The molecular weight excluding hydrogens is 255 g/mol. The molecule has 1 aromatic heterocycles. The van der Waals surface area contributed by atoms with Crippen molar-refractivity contribution in [3.05, 3.63) is 54.1 Å². The Morgan fingerprint density at radius 2 is 1.90 bits per heavy atom. The molecule has 2 rings (SSSR count). The van der Waals surface area contributed by atoms with E-state index >= 15 is 0 Å². The first kappa shape index (κ1) is 14.2. The molecule has 20 heavy (non-hydrogen) atoms. The van der Waals surface area contributed by atoms with E-state index in [2.05, 4.69) is 4.98 Å². The standard InChI is InChI=1S/C16H17FN2O/c1-3-19(4-2)16(20)14-8-13(10-18-11-14)12-6-5-7-15(17)9-12/h5-11H,3-4H2,1-2H3. The highest BCUT2D eigenvalue weighted by Gasteiger charge is 2.13. The third-order valence-electron chi connectivity index (χ3n) is 3.19. The second-order valence-electron chi connectivity index (χ2n) is 4.45. The average Bonchev–Trinajstić information content (AvgIpc) is 2.48. The molecule has 104 valence electrons. The van der Waals surface area contributed by atoms with Crippen LogP contribution in [0.2, 0.25) is 0 Å². The molecule has 0 spiro atoms. The summed E-state index contributed by atoms with van der Waals surface area (Å²) in [6, 6.07) is 8.02. The zero-order valence-corrected chi connectivity index (χ0v) is 11.6. The number of benzene rings is 1. The summed E-state index contributed by atoms with van der Waals surface area (Å²) >= 11 is 0. The second-order valence-corrected chi connectivity index (χ2v) is 4.45. The molecule has 0 N–H and O–H groups in total. The van der Waals surface area contributed by atoms with Gasteiger partial charge in [-0.3, -0.25) is 9.78 Å². The minimum absolute atomic E-state index is 0.0549. The number of carbonyl (C=O) groups excluding carboxylic acids is 1. The van der Waals surface area contributed by atoms with Crippen LogP contribution in [0.1, 0.15) is 24.2 Å². The SMILES string of the molecule is CCN(CC)C(=O)c1cncc(-c2cccc(F)c2)c1. The average molecular weight is 272 g/mol. The summed E-state index contributed by atoms with van der Waals surface area (Å²) in [5.41, 5.74) is 1.98. The van der Waals surface area contributed by atoms with Crippen LogP contribution in [0.5, 0.6) is 0 Å². The Bertz CT molecular complexity index is 609. The molecule has 2 aromatic rings. The maximum Gasteiger partial charge on any atom is 0.255 e. The van der Waals surface area contributed by atoms with Gasteiger partial charge in [0.05, 0.1) is 5.56 Å². The first-order valence-corrected chi connectivity index (χ1v) is 6.66. The molecule has 0 fully saturated rings. The van der Waals surface area contributed by atoms with Gasteiger partial charge in [-0.2, -0.15) is 0 Å². The van der Waals surface area contributed by atoms with Crippen LogP contribution in [-0.2, 0) is 0 Å². The van der Waals surface area contributed by atoms with Gasteiger partial charge >= 0.3 is 0 Å². The summed E-state index contributed by atoms with van der Waals surface area (Å²) in [5, 5.41) is 0. The fraction of sp³-hybridized carbons (Fsp3) is 0.250. The van der Waals surface area contributed by atoms with E-state index in [1.165, 1.54) is 12.1 Å². The van der Waals surface area contributed by atoms with Gasteiger partial charge < -0.3 is 4.90 Å². The largest absolute Gasteiger partial charge is 0.339 e. The molecule has 1 amide bonds. The molecule has 0 radical (unpaired) electrons. The summed E-state index contributed by atoms with van der Waals surface area (Å²) in [6.07, 6.45) is 3.18. The van der Waals surface area contributed by atoms with Crippen LogP contribution in [0.25, 0.3) is 11.1 Å². The monoisotopic (exact) mass is 272 g/mol. The van der Waals surface area contributed by atoms with Crippen molar-refractivity contribution in [2.24, 2.45) is 0 Å². The predicted octanol–water partition coefficient (Wildman–Crippen LogP) is 3.37. The normalized spacial score (nSPS) is 10.3. The Labute approximate surface area is 118 Å². The number of halogens is 1. The van der Waals surface area contributed by atoms with Gasteiger partial charge in [0.2, 0.25) is 0 Å². The van der Waals surface area contributed by atoms with E-state index in [1.54, 1.807) is 35.5 Å². The molecular formula is C16H17FN2O. The third-order valence-corrected chi connectivity index (χ3v) is 3.19. The van der Waals surface area contributed by atoms with Gasteiger partial charge in [0, 0.05) is 31.0 Å². The number of aromatic nitrogens is 1. The highest BCUT2D eigenvalue weighted by atomic mass is 19.1. The maximum atomic E-state index is 13.3. The number of rotatable bonds is 4. The second kappa shape index (κ2) is 6.28. The first-order valence-electron chi connectivity index (χ1n) is 6.66. The van der Waals surface area contributed by atoms with Crippen LogP contribution in [-0.4, -0.2) is 28.9 Å². The van der Waals surface area contributed by atoms with E-state index in [9.17, 15) is 9.18 Å². The molecule has 0 aliphatic heterocycles. The Morgan fingerprint density at radius 3 is 2.55 bits per heavy atom. The van der Waals surface area contributed by atoms with Crippen molar-refractivity contribution in [1.29, 1.82) is 0 Å². The van der Waals surface area contributed by atoms with E-state index in [0.29, 0.717) is 24.2 Å². The van der Waals surface area contributed by atoms with Crippen LogP contribution >= 0.6 is 0 Å². The zero-order valence-electron chi connectivity index (χ0n) is 11.6. The van der Waals surface area contributed by atoms with Gasteiger partial charge in [-0.15, -0.1) is 0 Å². The lowest BCUT2D eigenvalue weighted by molar-refractivity contribution is 0.0772. The highest BCUT2D eigenvalue weighted by Crippen LogP contribution is 2.20. The van der Waals surface area contributed by atoms with Crippen molar-refractivity contribution < 1.29 is 9.18 Å². The fourth-order valence-corrected chi connectivity index (χ4v) is 2.08. The van der Waals surface area contributed by atoms with Crippen LogP contribution in [0.3, 0.4) is 0 Å². The minimum Gasteiger partial charge on any atom is -0.339 e. The molecule has 1 heterocycles. The molecule has 0 saturated heterocycles. The molecule has 0 aliphatic rings. The summed E-state index contributed by atoms with van der Waals surface area (Å²) in [4.78, 5) is 18.1. The Hall–Kier alpha value is -2.23. The lowest BCUT2D eigenvalue weighted by Crippen LogP contribution is -2.30. The number of amides is 1. The third kappa shape index (κ3) is 3.02. The van der Waals surface area contributed by atoms with Crippen molar-refractivity contribution >= 4 is 5.91 Å². The summed E-state index contributed by atoms with van der Waals surface area (Å²) < 4.78 is 13.3. The van der Waals surface area contributed by atoms with Gasteiger partial charge in [0.25, 0.3) is 5.91 Å². The quantitative estimate of drug-likeness (QED) is 0.855. The number of nitrogens with zero attached hydrogens (tertiary/aromatic N) is 2. The number of carbonyl (C=O) groups is 1. The van der Waals surface area contributed by atoms with E-state index in [4.69, 9.17) is 0 Å². The minimum atomic E-state index is -0.303. The van der Waals surface area contributed by atoms with Crippen molar-refractivity contribution in [2.45, 2.75) is 13.8 Å². The van der Waals surface area contributed by atoms with Crippen molar-refractivity contribution in [2.75, 3.05) is 13.1 Å². The van der Waals surface area contributed by atoms with Gasteiger partial charge in [-0.05, 0) is 37.6 Å². The van der Waals surface area contributed by atoms with Gasteiger partial charge in [0.15, 0.2) is 0 Å². The maximum absolute atomic E-state index is 13.3. The lowest BCUT2D eigenvalue weighted by Gasteiger charge is -2.18.